The summed E-state index contributed by atoms with van der Waals surface area (Å²) in [5.41, 5.74) is -0.0612. The van der Waals surface area contributed by atoms with Crippen LogP contribution < -0.4 is 5.32 Å². The molecular formula is C13H11F4NS. The fourth-order valence-corrected chi connectivity index (χ4v) is 2.63. The van der Waals surface area contributed by atoms with Crippen molar-refractivity contribution in [2.45, 2.75) is 12.7 Å². The minimum atomic E-state index is -4.66. The van der Waals surface area contributed by atoms with Crippen LogP contribution in [-0.4, -0.2) is 7.05 Å². The second-order valence-corrected chi connectivity index (χ2v) is 5.02. The van der Waals surface area contributed by atoms with Crippen molar-refractivity contribution in [2.24, 2.45) is 0 Å². The Hall–Kier alpha value is -1.40. The molecule has 0 spiro atoms. The van der Waals surface area contributed by atoms with E-state index in [-0.39, 0.29) is 0 Å². The van der Waals surface area contributed by atoms with E-state index in [0.717, 1.165) is 22.6 Å². The van der Waals surface area contributed by atoms with Gasteiger partial charge in [-0.15, -0.1) is 11.3 Å². The fraction of sp³-hybridized carbons (Fsp3) is 0.231. The molecule has 0 saturated heterocycles. The van der Waals surface area contributed by atoms with Crippen LogP contribution in [0.4, 0.5) is 17.6 Å². The summed E-state index contributed by atoms with van der Waals surface area (Å²) >= 11 is 1.48. The molecule has 0 aliphatic carbocycles. The third-order valence-corrected chi connectivity index (χ3v) is 3.55. The molecule has 0 aliphatic rings. The molecule has 1 nitrogen and oxygen atoms in total. The SMILES string of the molecule is CNCc1cc(-c2ccc(C(F)(F)F)c(F)c2)cs1. The fourth-order valence-electron chi connectivity index (χ4n) is 1.72. The number of halogens is 4. The highest BCUT2D eigenvalue weighted by Gasteiger charge is 2.33. The minimum Gasteiger partial charge on any atom is -0.315 e. The molecule has 0 atom stereocenters. The van der Waals surface area contributed by atoms with Gasteiger partial charge in [0.15, 0.2) is 0 Å². The molecule has 2 aromatic rings. The summed E-state index contributed by atoms with van der Waals surface area (Å²) < 4.78 is 50.8. The second-order valence-electron chi connectivity index (χ2n) is 4.02. The van der Waals surface area contributed by atoms with E-state index in [2.05, 4.69) is 5.32 Å². The molecule has 0 fully saturated rings. The molecule has 19 heavy (non-hydrogen) atoms. The number of benzene rings is 1. The molecule has 0 aliphatic heterocycles. The predicted molar refractivity (Wildman–Crippen MR) is 67.5 cm³/mol. The smallest absolute Gasteiger partial charge is 0.315 e. The van der Waals surface area contributed by atoms with Gasteiger partial charge in [-0.1, -0.05) is 6.07 Å². The molecule has 1 heterocycles. The first-order chi connectivity index (χ1) is 8.91. The Bertz CT molecular complexity index is 574. The highest BCUT2D eigenvalue weighted by Crippen LogP contribution is 2.34. The lowest BCUT2D eigenvalue weighted by molar-refractivity contribution is -0.139. The molecule has 0 amide bonds. The van der Waals surface area contributed by atoms with Crippen molar-refractivity contribution in [3.05, 3.63) is 45.9 Å². The predicted octanol–water partition coefficient (Wildman–Crippen LogP) is 4.29. The zero-order chi connectivity index (χ0) is 14.0. The molecule has 1 aromatic heterocycles. The molecule has 102 valence electrons. The molecule has 0 unspecified atom stereocenters. The van der Waals surface area contributed by atoms with Crippen molar-refractivity contribution < 1.29 is 17.6 Å². The Morgan fingerprint density at radius 2 is 1.89 bits per heavy atom. The average molecular weight is 289 g/mol. The van der Waals surface area contributed by atoms with Crippen LogP contribution in [0.1, 0.15) is 10.4 Å². The van der Waals surface area contributed by atoms with Crippen molar-refractivity contribution >= 4 is 11.3 Å². The Kier molecular flexibility index (Phi) is 3.91. The van der Waals surface area contributed by atoms with Gasteiger partial charge in [0.2, 0.25) is 0 Å². The van der Waals surface area contributed by atoms with E-state index in [9.17, 15) is 17.6 Å². The van der Waals surface area contributed by atoms with Crippen LogP contribution in [0, 0.1) is 5.82 Å². The Morgan fingerprint density at radius 1 is 1.16 bits per heavy atom. The van der Waals surface area contributed by atoms with Crippen LogP contribution in [0.15, 0.2) is 29.6 Å². The summed E-state index contributed by atoms with van der Waals surface area (Å²) in [6.45, 7) is 0.674. The molecule has 0 radical (unpaired) electrons. The van der Waals surface area contributed by atoms with Gasteiger partial charge in [-0.3, -0.25) is 0 Å². The molecule has 0 saturated carbocycles. The monoisotopic (exact) mass is 289 g/mol. The summed E-state index contributed by atoms with van der Waals surface area (Å²) in [6, 6.07) is 4.83. The third kappa shape index (κ3) is 3.13. The van der Waals surface area contributed by atoms with E-state index in [1.54, 1.807) is 12.4 Å². The van der Waals surface area contributed by atoms with E-state index in [1.165, 1.54) is 17.4 Å². The molecule has 0 bridgehead atoms. The maximum absolute atomic E-state index is 13.5. The maximum atomic E-state index is 13.5. The van der Waals surface area contributed by atoms with Gasteiger partial charge < -0.3 is 5.32 Å². The van der Waals surface area contributed by atoms with Gasteiger partial charge in [-0.25, -0.2) is 4.39 Å². The highest BCUT2D eigenvalue weighted by atomic mass is 32.1. The van der Waals surface area contributed by atoms with Gasteiger partial charge in [0, 0.05) is 11.4 Å². The lowest BCUT2D eigenvalue weighted by Crippen LogP contribution is -2.07. The van der Waals surface area contributed by atoms with Crippen molar-refractivity contribution in [3.8, 4) is 11.1 Å². The average Bonchev–Trinajstić information content (AvgIpc) is 2.76. The second kappa shape index (κ2) is 5.30. The summed E-state index contributed by atoms with van der Waals surface area (Å²) in [6.07, 6.45) is -4.66. The van der Waals surface area contributed by atoms with Gasteiger partial charge in [-0.05, 0) is 41.8 Å². The van der Waals surface area contributed by atoms with Crippen LogP contribution >= 0.6 is 11.3 Å². The lowest BCUT2D eigenvalue weighted by Gasteiger charge is -2.08. The van der Waals surface area contributed by atoms with E-state index >= 15 is 0 Å². The third-order valence-electron chi connectivity index (χ3n) is 2.61. The zero-order valence-electron chi connectivity index (χ0n) is 10.0. The van der Waals surface area contributed by atoms with Gasteiger partial charge in [0.25, 0.3) is 0 Å². The van der Waals surface area contributed by atoms with Gasteiger partial charge in [0.1, 0.15) is 5.82 Å². The van der Waals surface area contributed by atoms with Crippen molar-refractivity contribution in [1.29, 1.82) is 0 Å². The van der Waals surface area contributed by atoms with Crippen molar-refractivity contribution in [3.63, 3.8) is 0 Å². The normalized spacial score (nSPS) is 11.8. The molecule has 6 heteroatoms. The minimum absolute atomic E-state index is 0.448. The molecule has 1 N–H and O–H groups in total. The van der Waals surface area contributed by atoms with Crippen LogP contribution in [-0.2, 0) is 12.7 Å². The van der Waals surface area contributed by atoms with Crippen LogP contribution in [0.5, 0.6) is 0 Å². The summed E-state index contributed by atoms with van der Waals surface area (Å²) in [5.74, 6) is -1.24. The summed E-state index contributed by atoms with van der Waals surface area (Å²) in [7, 11) is 1.80. The number of hydrogen-bond donors (Lipinski definition) is 1. The highest BCUT2D eigenvalue weighted by molar-refractivity contribution is 7.10. The first-order valence-electron chi connectivity index (χ1n) is 5.51. The number of nitrogens with one attached hydrogen (secondary N) is 1. The summed E-state index contributed by atoms with van der Waals surface area (Å²) in [4.78, 5) is 1.04. The Morgan fingerprint density at radius 3 is 2.47 bits per heavy atom. The quantitative estimate of drug-likeness (QED) is 0.831. The Labute approximate surface area is 111 Å². The number of thiophene rings is 1. The zero-order valence-corrected chi connectivity index (χ0v) is 10.8. The van der Waals surface area contributed by atoms with Crippen LogP contribution in [0.2, 0.25) is 0 Å². The van der Waals surface area contributed by atoms with E-state index in [1.807, 2.05) is 6.07 Å². The standard InChI is InChI=1S/C13H11F4NS/c1-18-6-10-4-9(7-19-10)8-2-3-11(12(14)5-8)13(15,16)17/h2-5,7,18H,6H2,1H3. The molecule has 1 aromatic carbocycles. The first-order valence-corrected chi connectivity index (χ1v) is 6.39. The maximum Gasteiger partial charge on any atom is 0.419 e. The van der Waals surface area contributed by atoms with E-state index in [4.69, 9.17) is 0 Å². The number of alkyl halides is 3. The Balaban J connectivity index is 2.33. The number of rotatable bonds is 3. The first kappa shape index (κ1) is 14.0. The number of hydrogen-bond acceptors (Lipinski definition) is 2. The largest absolute Gasteiger partial charge is 0.419 e. The van der Waals surface area contributed by atoms with Gasteiger partial charge >= 0.3 is 6.18 Å². The molecular weight excluding hydrogens is 278 g/mol. The van der Waals surface area contributed by atoms with Gasteiger partial charge in [-0.2, -0.15) is 13.2 Å². The lowest BCUT2D eigenvalue weighted by atomic mass is 10.1. The summed E-state index contributed by atoms with van der Waals surface area (Å²) in [5, 5.41) is 4.78. The van der Waals surface area contributed by atoms with Crippen molar-refractivity contribution in [2.75, 3.05) is 7.05 Å². The van der Waals surface area contributed by atoms with Gasteiger partial charge in [0.05, 0.1) is 5.56 Å². The van der Waals surface area contributed by atoms with Crippen molar-refractivity contribution in [1.82, 2.24) is 5.32 Å². The van der Waals surface area contributed by atoms with Crippen LogP contribution in [0.3, 0.4) is 0 Å². The van der Waals surface area contributed by atoms with E-state index in [0.29, 0.717) is 12.1 Å². The van der Waals surface area contributed by atoms with Crippen LogP contribution in [0.25, 0.3) is 11.1 Å². The van der Waals surface area contributed by atoms with E-state index < -0.39 is 17.6 Å². The molecule has 2 rings (SSSR count). The topological polar surface area (TPSA) is 12.0 Å².